The van der Waals surface area contributed by atoms with Crippen LogP contribution in [0.3, 0.4) is 0 Å². The minimum Gasteiger partial charge on any atom is -0.314 e. The van der Waals surface area contributed by atoms with Crippen molar-refractivity contribution in [1.29, 1.82) is 0 Å². The van der Waals surface area contributed by atoms with E-state index in [-0.39, 0.29) is 5.75 Å². The fourth-order valence-electron chi connectivity index (χ4n) is 3.36. The molecule has 0 aromatic carbocycles. The van der Waals surface area contributed by atoms with Crippen molar-refractivity contribution in [3.05, 3.63) is 0 Å². The fourth-order valence-corrected chi connectivity index (χ4v) is 3.91. The monoisotopic (exact) mass is 275 g/mol. The Hall–Kier alpha value is -0.170. The molecule has 0 amide bonds. The molecule has 3 atom stereocenters. The largest absolute Gasteiger partial charge is 0.314 e. The summed E-state index contributed by atoms with van der Waals surface area (Å²) in [5.74, 6) is 0.806. The van der Waals surface area contributed by atoms with Gasteiger partial charge < -0.3 is 10.6 Å². The van der Waals surface area contributed by atoms with Crippen LogP contribution in [0.25, 0.3) is 0 Å². The van der Waals surface area contributed by atoms with Crippen molar-refractivity contribution >= 4 is 10.0 Å². The zero-order valence-electron chi connectivity index (χ0n) is 10.9. The van der Waals surface area contributed by atoms with Gasteiger partial charge in [0.05, 0.1) is 5.75 Å². The molecule has 2 fully saturated rings. The lowest BCUT2D eigenvalue weighted by atomic mass is 9.93. The van der Waals surface area contributed by atoms with Crippen LogP contribution >= 0.6 is 0 Å². The number of primary sulfonamides is 1. The van der Waals surface area contributed by atoms with Crippen molar-refractivity contribution < 1.29 is 8.42 Å². The molecular weight excluding hydrogens is 250 g/mol. The van der Waals surface area contributed by atoms with E-state index in [0.29, 0.717) is 18.5 Å². The van der Waals surface area contributed by atoms with Gasteiger partial charge in [-0.2, -0.15) is 0 Å². The van der Waals surface area contributed by atoms with Gasteiger partial charge in [-0.05, 0) is 51.1 Å². The first-order chi connectivity index (χ1) is 8.56. The Bertz CT molecular complexity index is 352. The average molecular weight is 275 g/mol. The van der Waals surface area contributed by atoms with Crippen molar-refractivity contribution in [2.24, 2.45) is 11.1 Å². The molecular formula is C12H25N3O2S. The number of sulfonamides is 1. The van der Waals surface area contributed by atoms with Crippen LogP contribution in [-0.4, -0.2) is 39.3 Å². The lowest BCUT2D eigenvalue weighted by Crippen LogP contribution is -2.42. The molecule has 1 aliphatic carbocycles. The van der Waals surface area contributed by atoms with Gasteiger partial charge in [0.2, 0.25) is 10.0 Å². The Morgan fingerprint density at radius 1 is 1.22 bits per heavy atom. The van der Waals surface area contributed by atoms with Crippen LogP contribution in [0.15, 0.2) is 0 Å². The maximum Gasteiger partial charge on any atom is 0.209 e. The molecule has 0 bridgehead atoms. The molecule has 1 saturated carbocycles. The topological polar surface area (TPSA) is 84.2 Å². The van der Waals surface area contributed by atoms with Gasteiger partial charge in [0.25, 0.3) is 0 Å². The Balaban J connectivity index is 1.71. The van der Waals surface area contributed by atoms with Crippen molar-refractivity contribution in [3.8, 4) is 0 Å². The normalized spacial score (nSPS) is 33.1. The highest BCUT2D eigenvalue weighted by molar-refractivity contribution is 7.89. The van der Waals surface area contributed by atoms with E-state index in [0.717, 1.165) is 19.0 Å². The van der Waals surface area contributed by atoms with E-state index in [1.807, 2.05) is 0 Å². The van der Waals surface area contributed by atoms with Crippen molar-refractivity contribution in [1.82, 2.24) is 10.6 Å². The predicted octanol–water partition coefficient (Wildman–Crippen LogP) is 0.175. The smallest absolute Gasteiger partial charge is 0.209 e. The molecule has 0 radical (unpaired) electrons. The van der Waals surface area contributed by atoms with E-state index in [4.69, 9.17) is 5.14 Å². The first-order valence-corrected chi connectivity index (χ1v) is 8.75. The van der Waals surface area contributed by atoms with Gasteiger partial charge in [-0.15, -0.1) is 0 Å². The zero-order valence-corrected chi connectivity index (χ0v) is 11.7. The summed E-state index contributed by atoms with van der Waals surface area (Å²) < 4.78 is 21.7. The lowest BCUT2D eigenvalue weighted by molar-refractivity contribution is 0.321. The van der Waals surface area contributed by atoms with Crippen molar-refractivity contribution in [3.63, 3.8) is 0 Å². The van der Waals surface area contributed by atoms with Gasteiger partial charge in [-0.3, -0.25) is 0 Å². The molecule has 106 valence electrons. The second kappa shape index (κ2) is 6.32. The molecule has 0 aromatic rings. The molecule has 18 heavy (non-hydrogen) atoms. The van der Waals surface area contributed by atoms with E-state index < -0.39 is 10.0 Å². The SMILES string of the molecule is NS(=O)(=O)CCCNC1CCCC1C1CCCN1. The maximum absolute atomic E-state index is 10.8. The molecule has 5 nitrogen and oxygen atoms in total. The van der Waals surface area contributed by atoms with Crippen molar-refractivity contribution in [2.75, 3.05) is 18.8 Å². The van der Waals surface area contributed by atoms with Gasteiger partial charge in [-0.1, -0.05) is 6.42 Å². The van der Waals surface area contributed by atoms with Crippen LogP contribution in [0.1, 0.15) is 38.5 Å². The lowest BCUT2D eigenvalue weighted by Gasteiger charge is -2.26. The quantitative estimate of drug-likeness (QED) is 0.604. The number of rotatable bonds is 6. The van der Waals surface area contributed by atoms with Crippen LogP contribution in [-0.2, 0) is 10.0 Å². The summed E-state index contributed by atoms with van der Waals surface area (Å²) in [6.45, 7) is 1.91. The summed E-state index contributed by atoms with van der Waals surface area (Å²) in [5, 5.41) is 12.1. The Morgan fingerprint density at radius 2 is 2.06 bits per heavy atom. The Labute approximate surface area is 110 Å². The predicted molar refractivity (Wildman–Crippen MR) is 72.7 cm³/mol. The molecule has 2 rings (SSSR count). The number of nitrogens with two attached hydrogens (primary N) is 1. The average Bonchev–Trinajstić information content (AvgIpc) is 2.93. The van der Waals surface area contributed by atoms with Crippen LogP contribution in [0.2, 0.25) is 0 Å². The molecule has 6 heteroatoms. The second-order valence-corrected chi connectivity index (χ2v) is 7.31. The van der Waals surface area contributed by atoms with Gasteiger partial charge in [0, 0.05) is 12.1 Å². The van der Waals surface area contributed by atoms with Crippen LogP contribution < -0.4 is 15.8 Å². The van der Waals surface area contributed by atoms with Gasteiger partial charge in [-0.25, -0.2) is 13.6 Å². The van der Waals surface area contributed by atoms with E-state index in [1.165, 1.54) is 32.1 Å². The highest BCUT2D eigenvalue weighted by Crippen LogP contribution is 2.31. The molecule has 1 saturated heterocycles. The fraction of sp³-hybridized carbons (Fsp3) is 1.00. The van der Waals surface area contributed by atoms with Crippen molar-refractivity contribution in [2.45, 2.75) is 50.6 Å². The molecule has 4 N–H and O–H groups in total. The summed E-state index contributed by atoms with van der Waals surface area (Å²) >= 11 is 0. The summed E-state index contributed by atoms with van der Waals surface area (Å²) in [6.07, 6.45) is 7.00. The maximum atomic E-state index is 10.8. The van der Waals surface area contributed by atoms with Crippen LogP contribution in [0.5, 0.6) is 0 Å². The summed E-state index contributed by atoms with van der Waals surface area (Å²) in [6, 6.07) is 1.23. The van der Waals surface area contributed by atoms with E-state index in [9.17, 15) is 8.42 Å². The van der Waals surface area contributed by atoms with Gasteiger partial charge >= 0.3 is 0 Å². The highest BCUT2D eigenvalue weighted by atomic mass is 32.2. The third-order valence-electron chi connectivity index (χ3n) is 4.20. The third-order valence-corrected chi connectivity index (χ3v) is 5.05. The van der Waals surface area contributed by atoms with Gasteiger partial charge in [0.1, 0.15) is 0 Å². The molecule has 1 heterocycles. The van der Waals surface area contributed by atoms with Gasteiger partial charge in [0.15, 0.2) is 0 Å². The van der Waals surface area contributed by atoms with E-state index in [1.54, 1.807) is 0 Å². The Kier molecular flexibility index (Phi) is 5.00. The molecule has 3 unspecified atom stereocenters. The summed E-state index contributed by atoms with van der Waals surface area (Å²) in [5.41, 5.74) is 0. The summed E-state index contributed by atoms with van der Waals surface area (Å²) in [4.78, 5) is 0. The van der Waals surface area contributed by atoms with E-state index in [2.05, 4.69) is 10.6 Å². The first-order valence-electron chi connectivity index (χ1n) is 7.03. The first kappa shape index (κ1) is 14.2. The van der Waals surface area contributed by atoms with Crippen LogP contribution in [0.4, 0.5) is 0 Å². The molecule has 2 aliphatic rings. The molecule has 0 spiro atoms. The second-order valence-electron chi connectivity index (χ2n) is 5.58. The molecule has 1 aliphatic heterocycles. The zero-order chi connectivity index (χ0) is 13.0. The minimum absolute atomic E-state index is 0.0824. The third kappa shape index (κ3) is 4.19. The summed E-state index contributed by atoms with van der Waals surface area (Å²) in [7, 11) is -3.30. The number of nitrogens with one attached hydrogen (secondary N) is 2. The van der Waals surface area contributed by atoms with E-state index >= 15 is 0 Å². The standard InChI is InChI=1S/C12H25N3O2S/c13-18(16,17)9-3-8-15-11-5-1-4-10(11)12-6-2-7-14-12/h10-12,14-15H,1-9H2,(H2,13,16,17). The molecule has 0 aromatic heterocycles. The number of hydrogen-bond acceptors (Lipinski definition) is 4. The highest BCUT2D eigenvalue weighted by Gasteiger charge is 2.34. The number of hydrogen-bond donors (Lipinski definition) is 3. The van der Waals surface area contributed by atoms with Crippen LogP contribution in [0, 0.1) is 5.92 Å². The Morgan fingerprint density at radius 3 is 2.72 bits per heavy atom. The minimum atomic E-state index is -3.30.